The summed E-state index contributed by atoms with van der Waals surface area (Å²) in [4.78, 5) is 36.4. The smallest absolute Gasteiger partial charge is 0.253 e. The van der Waals surface area contributed by atoms with Crippen molar-refractivity contribution >= 4 is 34.6 Å². The third-order valence-corrected chi connectivity index (χ3v) is 7.19. The van der Waals surface area contributed by atoms with Crippen molar-refractivity contribution in [3.8, 4) is 0 Å². The van der Waals surface area contributed by atoms with E-state index in [4.69, 9.17) is 5.73 Å². The second kappa shape index (κ2) is 10.3. The molecule has 8 heteroatoms. The first-order valence-corrected chi connectivity index (χ1v) is 12.6. The fourth-order valence-electron chi connectivity index (χ4n) is 4.22. The summed E-state index contributed by atoms with van der Waals surface area (Å²) < 4.78 is 0. The van der Waals surface area contributed by atoms with E-state index in [0.29, 0.717) is 18.7 Å². The molecule has 0 saturated carbocycles. The van der Waals surface area contributed by atoms with Gasteiger partial charge in [-0.15, -0.1) is 0 Å². The molecule has 0 bridgehead atoms. The minimum atomic E-state index is -0.415. The van der Waals surface area contributed by atoms with Crippen LogP contribution in [0.1, 0.15) is 31.8 Å². The van der Waals surface area contributed by atoms with Crippen molar-refractivity contribution in [3.63, 3.8) is 0 Å². The Labute approximate surface area is 208 Å². The molecular weight excluding hydrogens is 458 g/mol. The summed E-state index contributed by atoms with van der Waals surface area (Å²) in [7, 11) is 0. The third kappa shape index (κ3) is 5.55. The molecule has 3 aromatic carbocycles. The molecule has 35 heavy (non-hydrogen) atoms. The zero-order valence-corrected chi connectivity index (χ0v) is 20.1. The average Bonchev–Trinajstić information content (AvgIpc) is 3.31. The number of nitrogens with two attached hydrogens (primary N) is 1. The van der Waals surface area contributed by atoms with Gasteiger partial charge in [-0.2, -0.15) is 0 Å². The molecule has 1 aliphatic heterocycles. The van der Waals surface area contributed by atoms with E-state index in [9.17, 15) is 9.59 Å². The van der Waals surface area contributed by atoms with Crippen LogP contribution in [-0.4, -0.2) is 57.8 Å². The van der Waals surface area contributed by atoms with Crippen LogP contribution < -0.4 is 5.73 Å². The molecule has 0 aliphatic carbocycles. The summed E-state index contributed by atoms with van der Waals surface area (Å²) >= 11 is 1.65. The third-order valence-electron chi connectivity index (χ3n) is 6.25. The highest BCUT2D eigenvalue weighted by Crippen LogP contribution is 2.23. The fourth-order valence-corrected chi connectivity index (χ4v) is 5.06. The minimum Gasteiger partial charge on any atom is -0.366 e. The number of fused-ring (bicyclic) bond motifs is 1. The van der Waals surface area contributed by atoms with Crippen LogP contribution in [0, 0.1) is 0 Å². The first-order chi connectivity index (χ1) is 17.0. The van der Waals surface area contributed by atoms with E-state index in [1.54, 1.807) is 23.9 Å². The van der Waals surface area contributed by atoms with Crippen molar-refractivity contribution in [2.75, 3.05) is 26.2 Å². The summed E-state index contributed by atoms with van der Waals surface area (Å²) in [5.74, 6) is 0.446. The molecule has 4 aromatic rings. The van der Waals surface area contributed by atoms with Crippen molar-refractivity contribution < 1.29 is 9.59 Å². The molecule has 1 saturated heterocycles. The van der Waals surface area contributed by atoms with Crippen molar-refractivity contribution in [1.82, 2.24) is 19.8 Å². The van der Waals surface area contributed by atoms with E-state index in [0.717, 1.165) is 58.3 Å². The number of hydrogen-bond acceptors (Lipinski definition) is 5. The molecule has 0 atom stereocenters. The van der Waals surface area contributed by atoms with Gasteiger partial charge in [0.25, 0.3) is 5.91 Å². The maximum absolute atomic E-state index is 13.0. The molecule has 1 aromatic heterocycles. The number of H-pyrrole nitrogens is 1. The maximum atomic E-state index is 13.0. The maximum Gasteiger partial charge on any atom is 0.253 e. The summed E-state index contributed by atoms with van der Waals surface area (Å²) in [6.45, 7) is 3.81. The molecule has 2 amide bonds. The Kier molecular flexibility index (Phi) is 6.83. The summed E-state index contributed by atoms with van der Waals surface area (Å²) in [6, 6.07) is 23.3. The number of piperazine rings is 1. The summed E-state index contributed by atoms with van der Waals surface area (Å²) in [6.07, 6.45) is 0. The van der Waals surface area contributed by atoms with E-state index < -0.39 is 5.91 Å². The monoisotopic (exact) mass is 485 g/mol. The van der Waals surface area contributed by atoms with E-state index >= 15 is 0 Å². The van der Waals surface area contributed by atoms with E-state index in [2.05, 4.69) is 14.9 Å². The highest BCUT2D eigenvalue weighted by molar-refractivity contribution is 7.98. The van der Waals surface area contributed by atoms with Gasteiger partial charge in [0.2, 0.25) is 5.91 Å². The van der Waals surface area contributed by atoms with Crippen LogP contribution in [0.4, 0.5) is 0 Å². The number of carbonyl (C=O) groups is 2. The van der Waals surface area contributed by atoms with Gasteiger partial charge in [0.05, 0.1) is 11.0 Å². The molecule has 1 aliphatic rings. The van der Waals surface area contributed by atoms with Crippen LogP contribution >= 0.6 is 11.8 Å². The lowest BCUT2D eigenvalue weighted by molar-refractivity contribution is 0.0628. The summed E-state index contributed by atoms with van der Waals surface area (Å²) in [5, 5.41) is 0.896. The van der Waals surface area contributed by atoms with Crippen LogP contribution in [0.2, 0.25) is 0 Å². The van der Waals surface area contributed by atoms with Gasteiger partial charge >= 0.3 is 0 Å². The first kappa shape index (κ1) is 23.1. The van der Waals surface area contributed by atoms with Gasteiger partial charge in [-0.3, -0.25) is 14.5 Å². The van der Waals surface area contributed by atoms with Gasteiger partial charge in [0.15, 0.2) is 5.16 Å². The number of benzene rings is 3. The quantitative estimate of drug-likeness (QED) is 0.387. The average molecular weight is 486 g/mol. The number of para-hydroxylation sites is 2. The fraction of sp³-hybridized carbons (Fsp3) is 0.222. The van der Waals surface area contributed by atoms with Crippen molar-refractivity contribution in [3.05, 3.63) is 95.1 Å². The number of rotatable bonds is 7. The Morgan fingerprint density at radius 3 is 2.20 bits per heavy atom. The van der Waals surface area contributed by atoms with Gasteiger partial charge in [0, 0.05) is 49.6 Å². The molecule has 3 N–H and O–H groups in total. The number of thioether (sulfide) groups is 1. The van der Waals surface area contributed by atoms with Gasteiger partial charge in [-0.1, -0.05) is 48.2 Å². The Balaban J connectivity index is 1.11. The van der Waals surface area contributed by atoms with Gasteiger partial charge in [0.1, 0.15) is 0 Å². The lowest BCUT2D eigenvalue weighted by atomic mass is 10.1. The zero-order valence-electron chi connectivity index (χ0n) is 19.3. The topological polar surface area (TPSA) is 95.3 Å². The number of amides is 2. The predicted molar refractivity (Wildman–Crippen MR) is 138 cm³/mol. The predicted octanol–water partition coefficient (Wildman–Crippen LogP) is 3.91. The normalized spacial score (nSPS) is 14.3. The van der Waals surface area contributed by atoms with E-state index in [1.807, 2.05) is 65.6 Å². The van der Waals surface area contributed by atoms with Crippen LogP contribution in [0.15, 0.2) is 78.0 Å². The number of aromatic amines is 1. The Morgan fingerprint density at radius 2 is 1.51 bits per heavy atom. The first-order valence-electron chi connectivity index (χ1n) is 11.6. The molecule has 5 rings (SSSR count). The van der Waals surface area contributed by atoms with Crippen molar-refractivity contribution in [2.24, 2.45) is 5.73 Å². The van der Waals surface area contributed by atoms with Gasteiger partial charge in [-0.05, 0) is 47.5 Å². The van der Waals surface area contributed by atoms with Crippen LogP contribution in [0.25, 0.3) is 11.0 Å². The van der Waals surface area contributed by atoms with Gasteiger partial charge in [-0.25, -0.2) is 4.98 Å². The SMILES string of the molecule is NC(=O)c1ccc(CN2CCN(C(=O)c3ccc(CSc4nc5ccccc5[nH]4)cc3)CC2)cc1. The largest absolute Gasteiger partial charge is 0.366 e. The second-order valence-corrected chi connectivity index (χ2v) is 9.64. The number of imidazole rings is 1. The Bertz CT molecular complexity index is 1290. The lowest BCUT2D eigenvalue weighted by Gasteiger charge is -2.34. The zero-order chi connectivity index (χ0) is 24.2. The number of nitrogens with one attached hydrogen (secondary N) is 1. The van der Waals surface area contributed by atoms with Crippen molar-refractivity contribution in [2.45, 2.75) is 17.5 Å². The number of hydrogen-bond donors (Lipinski definition) is 2. The molecule has 0 unspecified atom stereocenters. The number of aromatic nitrogens is 2. The highest BCUT2D eigenvalue weighted by atomic mass is 32.2. The van der Waals surface area contributed by atoms with Crippen LogP contribution in [-0.2, 0) is 12.3 Å². The van der Waals surface area contributed by atoms with Gasteiger partial charge < -0.3 is 15.6 Å². The molecule has 2 heterocycles. The highest BCUT2D eigenvalue weighted by Gasteiger charge is 2.22. The van der Waals surface area contributed by atoms with E-state index in [1.165, 1.54) is 0 Å². The Hall–Kier alpha value is -3.62. The molecule has 1 fully saturated rings. The second-order valence-electron chi connectivity index (χ2n) is 8.67. The number of primary amides is 1. The lowest BCUT2D eigenvalue weighted by Crippen LogP contribution is -2.48. The summed E-state index contributed by atoms with van der Waals surface area (Å²) in [5.41, 5.74) is 10.8. The molecule has 7 nitrogen and oxygen atoms in total. The molecule has 0 radical (unpaired) electrons. The van der Waals surface area contributed by atoms with Crippen LogP contribution in [0.3, 0.4) is 0 Å². The van der Waals surface area contributed by atoms with Crippen molar-refractivity contribution in [1.29, 1.82) is 0 Å². The molecule has 0 spiro atoms. The number of nitrogens with zero attached hydrogens (tertiary/aromatic N) is 3. The van der Waals surface area contributed by atoms with Crippen LogP contribution in [0.5, 0.6) is 0 Å². The van der Waals surface area contributed by atoms with E-state index in [-0.39, 0.29) is 5.91 Å². The molecular formula is C27H27N5O2S. The minimum absolute atomic E-state index is 0.0759. The standard InChI is InChI=1S/C27H27N5O2S/c28-25(33)21-9-5-19(6-10-21)17-31-13-15-32(16-14-31)26(34)22-11-7-20(8-12-22)18-35-27-29-23-3-1-2-4-24(23)30-27/h1-12H,13-18H2,(H2,28,33)(H,29,30). The molecule has 178 valence electrons. The Morgan fingerprint density at radius 1 is 0.857 bits per heavy atom. The number of carbonyl (C=O) groups excluding carboxylic acids is 2.